The predicted molar refractivity (Wildman–Crippen MR) is 119 cm³/mol. The Morgan fingerprint density at radius 1 is 1.10 bits per heavy atom. The SMILES string of the molecule is CC(C)(C)c1ccc(S(=O)(=O)NC(CO)C(=O)Nc2cc(-c3ccccc3)[nH]n2)cc1. The molecule has 0 bridgehead atoms. The lowest BCUT2D eigenvalue weighted by Gasteiger charge is -2.20. The summed E-state index contributed by atoms with van der Waals surface area (Å²) in [4.78, 5) is 12.5. The topological polar surface area (TPSA) is 124 Å². The second-order valence-electron chi connectivity index (χ2n) is 8.15. The molecular formula is C22H26N4O4S. The van der Waals surface area contributed by atoms with Gasteiger partial charge in [-0.25, -0.2) is 8.42 Å². The average Bonchev–Trinajstić information content (AvgIpc) is 3.20. The van der Waals surface area contributed by atoms with Crippen molar-refractivity contribution in [2.24, 2.45) is 0 Å². The molecule has 1 unspecified atom stereocenters. The lowest BCUT2D eigenvalue weighted by atomic mass is 9.87. The van der Waals surface area contributed by atoms with Crippen LogP contribution in [0.2, 0.25) is 0 Å². The number of hydrogen-bond acceptors (Lipinski definition) is 5. The maximum absolute atomic E-state index is 12.7. The molecule has 1 amide bonds. The van der Waals surface area contributed by atoms with Crippen molar-refractivity contribution >= 4 is 21.7 Å². The van der Waals surface area contributed by atoms with E-state index in [2.05, 4.69) is 20.2 Å². The van der Waals surface area contributed by atoms with Gasteiger partial charge in [-0.05, 0) is 28.7 Å². The molecule has 1 atom stereocenters. The second-order valence-corrected chi connectivity index (χ2v) is 9.87. The van der Waals surface area contributed by atoms with Crippen LogP contribution in [-0.4, -0.2) is 42.3 Å². The van der Waals surface area contributed by atoms with E-state index in [1.807, 2.05) is 51.1 Å². The molecule has 9 heteroatoms. The minimum atomic E-state index is -4.01. The maximum Gasteiger partial charge on any atom is 0.246 e. The van der Waals surface area contributed by atoms with Crippen LogP contribution in [-0.2, 0) is 20.2 Å². The van der Waals surface area contributed by atoms with Crippen molar-refractivity contribution in [2.45, 2.75) is 37.1 Å². The number of sulfonamides is 1. The van der Waals surface area contributed by atoms with Crippen LogP contribution in [0.1, 0.15) is 26.3 Å². The molecule has 0 aliphatic heterocycles. The van der Waals surface area contributed by atoms with Crippen LogP contribution in [0.5, 0.6) is 0 Å². The van der Waals surface area contributed by atoms with Gasteiger partial charge in [0.1, 0.15) is 6.04 Å². The van der Waals surface area contributed by atoms with E-state index in [9.17, 15) is 18.3 Å². The average molecular weight is 443 g/mol. The number of hydrogen-bond donors (Lipinski definition) is 4. The Hall–Kier alpha value is -3.01. The summed E-state index contributed by atoms with van der Waals surface area (Å²) in [5.41, 5.74) is 2.44. The van der Waals surface area contributed by atoms with Gasteiger partial charge in [-0.3, -0.25) is 9.89 Å². The highest BCUT2D eigenvalue weighted by Crippen LogP contribution is 2.23. The lowest BCUT2D eigenvalue weighted by Crippen LogP contribution is -2.46. The van der Waals surface area contributed by atoms with Crippen LogP contribution < -0.4 is 10.0 Å². The fraction of sp³-hybridized carbons (Fsp3) is 0.273. The number of aromatic nitrogens is 2. The lowest BCUT2D eigenvalue weighted by molar-refractivity contribution is -0.118. The Bertz CT molecular complexity index is 1130. The van der Waals surface area contributed by atoms with Crippen LogP contribution in [0.3, 0.4) is 0 Å². The van der Waals surface area contributed by atoms with Crippen LogP contribution in [0.25, 0.3) is 11.3 Å². The summed E-state index contributed by atoms with van der Waals surface area (Å²) in [5, 5.41) is 19.0. The van der Waals surface area contributed by atoms with Gasteiger partial charge in [0.15, 0.2) is 5.82 Å². The number of nitrogens with one attached hydrogen (secondary N) is 3. The van der Waals surface area contributed by atoms with Crippen LogP contribution in [0.4, 0.5) is 5.82 Å². The number of nitrogens with zero attached hydrogens (tertiary/aromatic N) is 1. The van der Waals surface area contributed by atoms with Gasteiger partial charge in [0.2, 0.25) is 15.9 Å². The van der Waals surface area contributed by atoms with E-state index in [4.69, 9.17) is 0 Å². The number of aromatic amines is 1. The first kappa shape index (κ1) is 22.7. The monoisotopic (exact) mass is 442 g/mol. The highest BCUT2D eigenvalue weighted by atomic mass is 32.2. The fourth-order valence-electron chi connectivity index (χ4n) is 2.93. The Balaban J connectivity index is 1.70. The summed E-state index contributed by atoms with van der Waals surface area (Å²) in [6, 6.07) is 16.1. The number of carbonyl (C=O) groups excluding carboxylic acids is 1. The summed E-state index contributed by atoms with van der Waals surface area (Å²) in [6.45, 7) is 5.37. The third-order valence-corrected chi connectivity index (χ3v) is 6.23. The molecule has 31 heavy (non-hydrogen) atoms. The summed E-state index contributed by atoms with van der Waals surface area (Å²) < 4.78 is 27.6. The molecule has 3 aromatic rings. The Morgan fingerprint density at radius 3 is 2.32 bits per heavy atom. The van der Waals surface area contributed by atoms with Crippen molar-refractivity contribution in [1.29, 1.82) is 0 Å². The molecule has 1 heterocycles. The standard InChI is InChI=1S/C22H26N4O4S/c1-22(2,3)16-9-11-17(12-10-16)31(29,30)26-19(14-27)21(28)23-20-13-18(24-25-20)15-7-5-4-6-8-15/h4-13,19,26-27H,14H2,1-3H3,(H2,23,24,25,28). The number of aliphatic hydroxyl groups excluding tert-OH is 1. The van der Waals surface area contributed by atoms with Crippen LogP contribution in [0, 0.1) is 0 Å². The van der Waals surface area contributed by atoms with E-state index in [1.54, 1.807) is 18.2 Å². The number of aliphatic hydroxyl groups is 1. The molecule has 0 radical (unpaired) electrons. The first-order valence-corrected chi connectivity index (χ1v) is 11.2. The van der Waals surface area contributed by atoms with Crippen LogP contribution >= 0.6 is 0 Å². The first-order chi connectivity index (χ1) is 14.6. The zero-order valence-corrected chi connectivity index (χ0v) is 18.4. The minimum absolute atomic E-state index is 0.0119. The molecule has 3 rings (SSSR count). The molecule has 1 aromatic heterocycles. The molecular weight excluding hydrogens is 416 g/mol. The minimum Gasteiger partial charge on any atom is -0.394 e. The number of benzene rings is 2. The second kappa shape index (κ2) is 9.01. The van der Waals surface area contributed by atoms with E-state index < -0.39 is 28.6 Å². The summed E-state index contributed by atoms with van der Waals surface area (Å²) >= 11 is 0. The molecule has 4 N–H and O–H groups in total. The van der Waals surface area contributed by atoms with Gasteiger partial charge in [0.25, 0.3) is 0 Å². The van der Waals surface area contributed by atoms with E-state index in [1.165, 1.54) is 12.1 Å². The Labute approximate surface area is 181 Å². The highest BCUT2D eigenvalue weighted by Gasteiger charge is 2.26. The van der Waals surface area contributed by atoms with Crippen molar-refractivity contribution in [2.75, 3.05) is 11.9 Å². The molecule has 164 valence electrons. The fourth-order valence-corrected chi connectivity index (χ4v) is 4.11. The van der Waals surface area contributed by atoms with Gasteiger partial charge in [-0.15, -0.1) is 0 Å². The smallest absolute Gasteiger partial charge is 0.246 e. The van der Waals surface area contributed by atoms with Crippen molar-refractivity contribution in [1.82, 2.24) is 14.9 Å². The normalized spacial score (nSPS) is 13.0. The Morgan fingerprint density at radius 2 is 1.74 bits per heavy atom. The zero-order valence-electron chi connectivity index (χ0n) is 17.6. The molecule has 0 saturated carbocycles. The molecule has 0 fully saturated rings. The molecule has 0 spiro atoms. The van der Waals surface area contributed by atoms with E-state index in [0.29, 0.717) is 5.69 Å². The molecule has 0 saturated heterocycles. The number of rotatable bonds is 7. The number of H-pyrrole nitrogens is 1. The molecule has 0 aliphatic carbocycles. The predicted octanol–water partition coefficient (Wildman–Crippen LogP) is 2.65. The maximum atomic E-state index is 12.7. The number of carbonyl (C=O) groups is 1. The van der Waals surface area contributed by atoms with E-state index >= 15 is 0 Å². The summed E-state index contributed by atoms with van der Waals surface area (Å²) in [7, 11) is -4.01. The third-order valence-electron chi connectivity index (χ3n) is 4.74. The molecule has 8 nitrogen and oxygen atoms in total. The third kappa shape index (κ3) is 5.57. The zero-order chi connectivity index (χ0) is 22.6. The first-order valence-electron chi connectivity index (χ1n) is 9.75. The van der Waals surface area contributed by atoms with Crippen molar-refractivity contribution in [3.63, 3.8) is 0 Å². The van der Waals surface area contributed by atoms with Crippen LogP contribution in [0.15, 0.2) is 65.6 Å². The largest absolute Gasteiger partial charge is 0.394 e. The number of anilines is 1. The van der Waals surface area contributed by atoms with Gasteiger partial charge in [-0.2, -0.15) is 9.82 Å². The van der Waals surface area contributed by atoms with Gasteiger partial charge >= 0.3 is 0 Å². The van der Waals surface area contributed by atoms with Gasteiger partial charge in [0, 0.05) is 6.07 Å². The quantitative estimate of drug-likeness (QED) is 0.448. The Kier molecular flexibility index (Phi) is 6.59. The molecule has 2 aromatic carbocycles. The highest BCUT2D eigenvalue weighted by molar-refractivity contribution is 7.89. The van der Waals surface area contributed by atoms with Crippen molar-refractivity contribution in [3.05, 3.63) is 66.2 Å². The van der Waals surface area contributed by atoms with E-state index in [0.717, 1.165) is 11.1 Å². The van der Waals surface area contributed by atoms with Crippen molar-refractivity contribution < 1.29 is 18.3 Å². The summed E-state index contributed by atoms with van der Waals surface area (Å²) in [5.74, 6) is -0.500. The van der Waals surface area contributed by atoms with Gasteiger partial charge in [-0.1, -0.05) is 63.2 Å². The van der Waals surface area contributed by atoms with Crippen molar-refractivity contribution in [3.8, 4) is 11.3 Å². The number of amides is 1. The summed E-state index contributed by atoms with van der Waals surface area (Å²) in [6.07, 6.45) is 0. The van der Waals surface area contributed by atoms with Gasteiger partial charge in [0.05, 0.1) is 17.2 Å². The molecule has 0 aliphatic rings. The van der Waals surface area contributed by atoms with Gasteiger partial charge < -0.3 is 10.4 Å². The van der Waals surface area contributed by atoms with E-state index in [-0.39, 0.29) is 16.1 Å².